The molecule has 0 aliphatic heterocycles. The number of rotatable bonds is 8. The van der Waals surface area contributed by atoms with E-state index in [4.69, 9.17) is 5.10 Å². The normalized spacial score (nSPS) is 11.5. The Morgan fingerprint density at radius 2 is 1.67 bits per heavy atom. The molecule has 0 spiro atoms. The molecule has 6 aromatic rings. The van der Waals surface area contributed by atoms with Crippen LogP contribution in [0.1, 0.15) is 17.3 Å². The molecule has 0 unspecified atom stereocenters. The zero-order chi connectivity index (χ0) is 29.4. The molecule has 6 rings (SSSR count). The second-order valence-corrected chi connectivity index (χ2v) is 11.3. The standard InChI is InChI=1S/C31H23N5O5S/c1-2-34-19-28(30(33-34)23-7-6-8-24(17-23)36(38)39)26-15-16-32-31-27(26)18-29(22-13-11-21(20-37)12-14-22)35(31)42(40,41)25-9-4-3-5-10-25/h3-20H,2H2,1H3. The Morgan fingerprint density at radius 3 is 2.36 bits per heavy atom. The highest BCUT2D eigenvalue weighted by Crippen LogP contribution is 2.40. The monoisotopic (exact) mass is 577 g/mol. The lowest BCUT2D eigenvalue weighted by Gasteiger charge is -2.12. The predicted octanol–water partition coefficient (Wildman–Crippen LogP) is 6.21. The quantitative estimate of drug-likeness (QED) is 0.119. The molecule has 0 atom stereocenters. The summed E-state index contributed by atoms with van der Waals surface area (Å²) in [6.45, 7) is 2.48. The van der Waals surface area contributed by atoms with Crippen molar-refractivity contribution in [1.29, 1.82) is 0 Å². The van der Waals surface area contributed by atoms with Gasteiger partial charge in [-0.15, -0.1) is 0 Å². The summed E-state index contributed by atoms with van der Waals surface area (Å²) in [5.74, 6) is 0. The van der Waals surface area contributed by atoms with E-state index in [-0.39, 0.29) is 16.2 Å². The number of hydrogen-bond acceptors (Lipinski definition) is 7. The third-order valence-corrected chi connectivity index (χ3v) is 8.71. The van der Waals surface area contributed by atoms with Gasteiger partial charge in [0.15, 0.2) is 5.65 Å². The number of nitrogens with zero attached hydrogens (tertiary/aromatic N) is 5. The second kappa shape index (κ2) is 10.5. The number of aldehydes is 1. The van der Waals surface area contributed by atoms with Gasteiger partial charge in [-0.3, -0.25) is 19.6 Å². The minimum absolute atomic E-state index is 0.0643. The van der Waals surface area contributed by atoms with E-state index in [0.717, 1.165) is 6.29 Å². The number of nitro benzene ring substituents is 1. The Hall–Kier alpha value is -5.42. The Bertz CT molecular complexity index is 2080. The minimum Gasteiger partial charge on any atom is -0.298 e. The molecule has 0 saturated heterocycles. The molecule has 0 saturated carbocycles. The van der Waals surface area contributed by atoms with Crippen LogP contribution in [-0.2, 0) is 16.6 Å². The number of carbonyl (C=O) groups excluding carboxylic acids is 1. The van der Waals surface area contributed by atoms with Crippen LogP contribution in [0.5, 0.6) is 0 Å². The number of non-ortho nitro benzene ring substituents is 1. The number of aryl methyl sites for hydroxylation is 1. The van der Waals surface area contributed by atoms with Crippen molar-refractivity contribution in [2.75, 3.05) is 0 Å². The first-order chi connectivity index (χ1) is 20.3. The molecule has 0 bridgehead atoms. The average molecular weight is 578 g/mol. The first-order valence-electron chi connectivity index (χ1n) is 13.0. The van der Waals surface area contributed by atoms with Gasteiger partial charge in [-0.25, -0.2) is 17.4 Å². The van der Waals surface area contributed by atoms with E-state index >= 15 is 0 Å². The number of carbonyl (C=O) groups is 1. The zero-order valence-corrected chi connectivity index (χ0v) is 23.1. The molecule has 3 heterocycles. The summed E-state index contributed by atoms with van der Waals surface area (Å²) in [4.78, 5) is 26.9. The van der Waals surface area contributed by atoms with Gasteiger partial charge in [-0.2, -0.15) is 5.10 Å². The van der Waals surface area contributed by atoms with Gasteiger partial charge in [0.05, 0.1) is 15.5 Å². The first kappa shape index (κ1) is 26.8. The van der Waals surface area contributed by atoms with E-state index in [9.17, 15) is 23.3 Å². The molecule has 0 fully saturated rings. The van der Waals surface area contributed by atoms with E-state index in [2.05, 4.69) is 4.98 Å². The number of pyridine rings is 1. The number of nitro groups is 1. The van der Waals surface area contributed by atoms with Crippen molar-refractivity contribution in [2.24, 2.45) is 0 Å². The number of fused-ring (bicyclic) bond motifs is 1. The highest BCUT2D eigenvalue weighted by molar-refractivity contribution is 7.90. The van der Waals surface area contributed by atoms with Gasteiger partial charge in [-0.05, 0) is 42.3 Å². The van der Waals surface area contributed by atoms with E-state index < -0.39 is 14.9 Å². The number of aromatic nitrogens is 4. The molecular weight excluding hydrogens is 554 g/mol. The fourth-order valence-electron chi connectivity index (χ4n) is 4.95. The summed E-state index contributed by atoms with van der Waals surface area (Å²) in [7, 11) is -4.10. The molecule has 11 heteroatoms. The Labute approximate surface area is 240 Å². The third-order valence-electron chi connectivity index (χ3n) is 6.99. The number of benzene rings is 3. The van der Waals surface area contributed by atoms with Crippen molar-refractivity contribution >= 4 is 33.0 Å². The maximum atomic E-state index is 14.1. The summed E-state index contributed by atoms with van der Waals surface area (Å²) in [5, 5.41) is 16.7. The summed E-state index contributed by atoms with van der Waals surface area (Å²) in [6, 6.07) is 24.5. The molecule has 0 radical (unpaired) electrons. The first-order valence-corrected chi connectivity index (χ1v) is 14.4. The van der Waals surface area contributed by atoms with E-state index in [1.54, 1.807) is 71.4 Å². The fourth-order valence-corrected chi connectivity index (χ4v) is 6.45. The van der Waals surface area contributed by atoms with Gasteiger partial charge < -0.3 is 0 Å². The summed E-state index contributed by atoms with van der Waals surface area (Å²) < 4.78 is 31.1. The van der Waals surface area contributed by atoms with Crippen LogP contribution in [-0.4, -0.2) is 38.4 Å². The summed E-state index contributed by atoms with van der Waals surface area (Å²) >= 11 is 0. The van der Waals surface area contributed by atoms with Crippen LogP contribution in [0, 0.1) is 10.1 Å². The van der Waals surface area contributed by atoms with E-state index in [1.165, 1.54) is 34.4 Å². The Morgan fingerprint density at radius 1 is 0.905 bits per heavy atom. The Kier molecular flexibility index (Phi) is 6.71. The van der Waals surface area contributed by atoms with Crippen LogP contribution in [0.4, 0.5) is 5.69 Å². The van der Waals surface area contributed by atoms with Crippen LogP contribution >= 0.6 is 0 Å². The topological polar surface area (TPSA) is 130 Å². The second-order valence-electron chi connectivity index (χ2n) is 9.50. The van der Waals surface area contributed by atoms with Crippen molar-refractivity contribution in [3.05, 3.63) is 119 Å². The highest BCUT2D eigenvalue weighted by atomic mass is 32.2. The molecule has 42 heavy (non-hydrogen) atoms. The van der Waals surface area contributed by atoms with Crippen molar-refractivity contribution < 1.29 is 18.1 Å². The molecule has 3 aromatic carbocycles. The van der Waals surface area contributed by atoms with Crippen LogP contribution in [0.3, 0.4) is 0 Å². The summed E-state index contributed by atoms with van der Waals surface area (Å²) in [5.41, 5.74) is 3.94. The van der Waals surface area contributed by atoms with Gasteiger partial charge in [0.2, 0.25) is 0 Å². The highest BCUT2D eigenvalue weighted by Gasteiger charge is 2.27. The van der Waals surface area contributed by atoms with Gasteiger partial charge >= 0.3 is 0 Å². The van der Waals surface area contributed by atoms with Gasteiger partial charge in [0, 0.05) is 53.1 Å². The molecule has 3 aromatic heterocycles. The maximum absolute atomic E-state index is 14.1. The van der Waals surface area contributed by atoms with Crippen LogP contribution in [0.15, 0.2) is 108 Å². The molecule has 0 aliphatic carbocycles. The van der Waals surface area contributed by atoms with Gasteiger partial charge in [0.25, 0.3) is 15.7 Å². The Balaban J connectivity index is 1.65. The van der Waals surface area contributed by atoms with Crippen LogP contribution in [0.25, 0.3) is 44.7 Å². The molecule has 0 amide bonds. The van der Waals surface area contributed by atoms with Crippen LogP contribution < -0.4 is 0 Å². The molecular formula is C31H23N5O5S. The summed E-state index contributed by atoms with van der Waals surface area (Å²) in [6.07, 6.45) is 4.10. The van der Waals surface area contributed by atoms with Crippen molar-refractivity contribution in [1.82, 2.24) is 18.7 Å². The van der Waals surface area contributed by atoms with Crippen molar-refractivity contribution in [2.45, 2.75) is 18.4 Å². The number of hydrogen-bond donors (Lipinski definition) is 0. The van der Waals surface area contributed by atoms with Crippen molar-refractivity contribution in [3.8, 4) is 33.6 Å². The molecule has 10 nitrogen and oxygen atoms in total. The average Bonchev–Trinajstić information content (AvgIpc) is 3.64. The minimum atomic E-state index is -4.10. The molecule has 0 N–H and O–H groups in total. The maximum Gasteiger partial charge on any atom is 0.270 e. The lowest BCUT2D eigenvalue weighted by Crippen LogP contribution is -2.14. The lowest BCUT2D eigenvalue weighted by molar-refractivity contribution is -0.384. The largest absolute Gasteiger partial charge is 0.298 e. The lowest BCUT2D eigenvalue weighted by atomic mass is 9.99. The third kappa shape index (κ3) is 4.55. The van der Waals surface area contributed by atoms with Gasteiger partial charge in [0.1, 0.15) is 12.0 Å². The molecule has 0 aliphatic rings. The van der Waals surface area contributed by atoms with Crippen molar-refractivity contribution in [3.63, 3.8) is 0 Å². The zero-order valence-electron chi connectivity index (χ0n) is 22.3. The van der Waals surface area contributed by atoms with Crippen LogP contribution in [0.2, 0.25) is 0 Å². The molecule has 208 valence electrons. The predicted molar refractivity (Wildman–Crippen MR) is 159 cm³/mol. The van der Waals surface area contributed by atoms with E-state index in [0.29, 0.717) is 51.1 Å². The van der Waals surface area contributed by atoms with E-state index in [1.807, 2.05) is 13.1 Å². The van der Waals surface area contributed by atoms with Gasteiger partial charge in [-0.1, -0.05) is 54.6 Å². The smallest absolute Gasteiger partial charge is 0.270 e. The SMILES string of the molecule is CCn1cc(-c2ccnc3c2cc(-c2ccc(C=O)cc2)n3S(=O)(=O)c2ccccc2)c(-c2cccc([N+](=O)[O-])c2)n1. The fraction of sp³-hybridized carbons (Fsp3) is 0.0645.